The van der Waals surface area contributed by atoms with E-state index < -0.39 is 62.8 Å². The minimum Gasteiger partial charge on any atom is -0.457 e. The van der Waals surface area contributed by atoms with Crippen LogP contribution in [0.25, 0.3) is 0 Å². The van der Waals surface area contributed by atoms with Gasteiger partial charge in [-0.3, -0.25) is 18.2 Å². The number of hydrogen-bond donors (Lipinski definition) is 5. The zero-order valence-corrected chi connectivity index (χ0v) is 40.6. The molecule has 0 unspecified atom stereocenters. The summed E-state index contributed by atoms with van der Waals surface area (Å²) in [4.78, 5) is 1.46. The molecule has 3 aromatic carbocycles. The summed E-state index contributed by atoms with van der Waals surface area (Å²) in [6.07, 6.45) is 11.5. The summed E-state index contributed by atoms with van der Waals surface area (Å²) in [7, 11) is -17.4. The van der Waals surface area contributed by atoms with Gasteiger partial charge >= 0.3 is 0 Å². The molecule has 16 nitrogen and oxygen atoms in total. The maximum Gasteiger partial charge on any atom is 0.294 e. The van der Waals surface area contributed by atoms with Crippen LogP contribution in [0.2, 0.25) is 0 Å². The third kappa shape index (κ3) is 12.0. The van der Waals surface area contributed by atoms with Crippen LogP contribution in [0, 0.1) is 0 Å². The van der Waals surface area contributed by atoms with Gasteiger partial charge < -0.3 is 15.4 Å². The van der Waals surface area contributed by atoms with Crippen molar-refractivity contribution in [1.29, 1.82) is 0 Å². The van der Waals surface area contributed by atoms with Crippen molar-refractivity contribution in [1.82, 2.24) is 0 Å². The molecular weight excluding hydrogens is 931 g/mol. The standard InChI is InChI=1S/C46H57N3O13S4/c1-45(2)38-30-36(65(56,57)58)18-20-40(38)48(26-5-7-28-63(50,51)52)42(45)22-14-33-10-9-11-34(44(33)62-35-16-12-32(13-17-35)24-25-47)15-23-43-46(3,4)39-31-37(66(59,60)61)19-21-41(39)49(43)27-6-8-29-64(53,54)55/h12-23,30-31H,5-11,24-29,47H2,1-4H3,(H3-,50,51,52,53,54,55,56,57,58,59,60,61)/p+1. The highest BCUT2D eigenvalue weighted by Crippen LogP contribution is 2.49. The van der Waals surface area contributed by atoms with Crippen LogP contribution in [-0.2, 0) is 57.7 Å². The Morgan fingerprint density at radius 3 is 1.92 bits per heavy atom. The molecule has 0 fully saturated rings. The normalized spacial score (nSPS) is 18.8. The second-order valence-electron chi connectivity index (χ2n) is 17.8. The van der Waals surface area contributed by atoms with Gasteiger partial charge in [0.2, 0.25) is 5.69 Å². The Labute approximate surface area is 388 Å². The van der Waals surface area contributed by atoms with E-state index in [0.29, 0.717) is 85.7 Å². The van der Waals surface area contributed by atoms with Crippen LogP contribution in [0.15, 0.2) is 117 Å². The van der Waals surface area contributed by atoms with Gasteiger partial charge in [0, 0.05) is 47.5 Å². The molecule has 3 aliphatic rings. The van der Waals surface area contributed by atoms with Crippen molar-refractivity contribution in [2.45, 2.75) is 99.7 Å². The zero-order valence-electron chi connectivity index (χ0n) is 37.3. The molecule has 0 bridgehead atoms. The highest BCUT2D eigenvalue weighted by atomic mass is 32.2. The molecule has 0 spiro atoms. The van der Waals surface area contributed by atoms with E-state index in [1.54, 1.807) is 12.1 Å². The number of hydrogen-bond acceptors (Lipinski definition) is 11. The van der Waals surface area contributed by atoms with Crippen molar-refractivity contribution in [3.05, 3.63) is 124 Å². The monoisotopic (exact) mass is 988 g/mol. The average molecular weight is 989 g/mol. The molecule has 0 saturated heterocycles. The quantitative estimate of drug-likeness (QED) is 0.0457. The summed E-state index contributed by atoms with van der Waals surface area (Å²) < 4.78 is 143. The van der Waals surface area contributed by atoms with Crippen molar-refractivity contribution < 1.29 is 61.2 Å². The fourth-order valence-corrected chi connectivity index (χ4v) is 11.1. The molecule has 66 heavy (non-hydrogen) atoms. The first-order valence-corrected chi connectivity index (χ1v) is 27.7. The van der Waals surface area contributed by atoms with Crippen LogP contribution < -0.4 is 15.4 Å². The molecule has 6 N–H and O–H groups in total. The van der Waals surface area contributed by atoms with Crippen LogP contribution in [0.1, 0.15) is 89.3 Å². The average Bonchev–Trinajstić information content (AvgIpc) is 3.56. The predicted molar refractivity (Wildman–Crippen MR) is 253 cm³/mol. The molecule has 2 aliphatic heterocycles. The van der Waals surface area contributed by atoms with Crippen molar-refractivity contribution in [3.8, 4) is 5.75 Å². The Morgan fingerprint density at radius 2 is 1.32 bits per heavy atom. The van der Waals surface area contributed by atoms with Gasteiger partial charge in [-0.2, -0.15) is 38.2 Å². The SMILES string of the molecule is CC1(C)C(/C=C/C2=C(Oc3ccc(CCN)cc3)C(=C/C=C3/N(CCCCS(=O)(=O)O)c4ccc(S(=O)(=O)O)cc4C3(C)C)/CCC2)=[N+](CCCCS(=O)(=O)O)c2ccc(S(=O)(=O)O)cc21. The third-order valence-electron chi connectivity index (χ3n) is 12.3. The molecule has 0 atom stereocenters. The Morgan fingerprint density at radius 1 is 0.712 bits per heavy atom. The molecule has 0 radical (unpaired) electrons. The van der Waals surface area contributed by atoms with Crippen molar-refractivity contribution in [2.24, 2.45) is 5.73 Å². The number of rotatable bonds is 19. The maximum atomic E-state index is 12.2. The molecule has 0 aromatic heterocycles. The van der Waals surface area contributed by atoms with Crippen LogP contribution in [0.3, 0.4) is 0 Å². The molecule has 3 aromatic rings. The van der Waals surface area contributed by atoms with E-state index in [9.17, 15) is 51.9 Å². The highest BCUT2D eigenvalue weighted by molar-refractivity contribution is 7.86. The Balaban J connectivity index is 1.47. The molecule has 0 saturated carbocycles. The molecule has 0 amide bonds. The number of anilines is 1. The van der Waals surface area contributed by atoms with Gasteiger partial charge in [-0.1, -0.05) is 32.1 Å². The third-order valence-corrected chi connectivity index (χ3v) is 15.6. The molecular formula is C46H58N3O13S4+. The number of benzene rings is 3. The minimum atomic E-state index is -4.53. The lowest BCUT2D eigenvalue weighted by atomic mass is 9.81. The Kier molecular flexibility index (Phi) is 15.1. The topological polar surface area (TPSA) is 259 Å². The van der Waals surface area contributed by atoms with Gasteiger partial charge in [0.05, 0.1) is 26.7 Å². The summed E-state index contributed by atoms with van der Waals surface area (Å²) >= 11 is 0. The lowest BCUT2D eigenvalue weighted by molar-refractivity contribution is -0.438. The second kappa shape index (κ2) is 19.6. The van der Waals surface area contributed by atoms with Crippen molar-refractivity contribution >= 4 is 57.6 Å². The van der Waals surface area contributed by atoms with Gasteiger partial charge in [-0.25, -0.2) is 0 Å². The molecule has 2 heterocycles. The summed E-state index contributed by atoms with van der Waals surface area (Å²) in [6.45, 7) is 8.87. The van der Waals surface area contributed by atoms with E-state index >= 15 is 0 Å². The fraction of sp³-hybridized carbons (Fsp3) is 0.413. The number of unbranched alkanes of at least 4 members (excludes halogenated alkanes) is 2. The fourth-order valence-electron chi connectivity index (χ4n) is 8.94. The van der Waals surface area contributed by atoms with E-state index in [4.69, 9.17) is 10.5 Å². The van der Waals surface area contributed by atoms with E-state index in [0.717, 1.165) is 34.5 Å². The largest absolute Gasteiger partial charge is 0.457 e. The number of nitrogens with zero attached hydrogens (tertiary/aromatic N) is 2. The highest BCUT2D eigenvalue weighted by Gasteiger charge is 2.45. The molecule has 1 aliphatic carbocycles. The van der Waals surface area contributed by atoms with Crippen LogP contribution in [0.4, 0.5) is 11.4 Å². The van der Waals surface area contributed by atoms with Crippen LogP contribution >= 0.6 is 0 Å². The van der Waals surface area contributed by atoms with E-state index in [1.807, 2.05) is 85.7 Å². The molecule has 6 rings (SSSR count). The van der Waals surface area contributed by atoms with Crippen LogP contribution in [0.5, 0.6) is 5.75 Å². The minimum absolute atomic E-state index is 0.174. The van der Waals surface area contributed by atoms with Gasteiger partial charge in [0.15, 0.2) is 5.71 Å². The first-order valence-electron chi connectivity index (χ1n) is 21.6. The summed E-state index contributed by atoms with van der Waals surface area (Å²) in [5.41, 5.74) is 11.1. The van der Waals surface area contributed by atoms with Gasteiger partial charge in [-0.15, -0.1) is 0 Å². The van der Waals surface area contributed by atoms with Gasteiger partial charge in [-0.05, 0) is 142 Å². The van der Waals surface area contributed by atoms with E-state index in [1.165, 1.54) is 24.3 Å². The van der Waals surface area contributed by atoms with E-state index in [-0.39, 0.29) is 22.6 Å². The van der Waals surface area contributed by atoms with Gasteiger partial charge in [0.1, 0.15) is 18.1 Å². The number of fused-ring (bicyclic) bond motifs is 2. The first kappa shape index (κ1) is 50.9. The number of nitrogens with two attached hydrogens (primary N) is 1. The van der Waals surface area contributed by atoms with E-state index in [2.05, 4.69) is 0 Å². The summed E-state index contributed by atoms with van der Waals surface area (Å²) in [6, 6.07) is 16.4. The van der Waals surface area contributed by atoms with Crippen LogP contribution in [-0.4, -0.2) is 93.3 Å². The summed E-state index contributed by atoms with van der Waals surface area (Å²) in [5.74, 6) is 0.321. The summed E-state index contributed by atoms with van der Waals surface area (Å²) in [5, 5.41) is 0. The second-order valence-corrected chi connectivity index (χ2v) is 23.8. The van der Waals surface area contributed by atoms with Crippen molar-refractivity contribution in [2.75, 3.05) is 36.0 Å². The smallest absolute Gasteiger partial charge is 0.294 e. The van der Waals surface area contributed by atoms with Crippen molar-refractivity contribution in [3.63, 3.8) is 0 Å². The zero-order chi connectivity index (χ0) is 48.5. The Bertz CT molecular complexity index is 2990. The maximum absolute atomic E-state index is 12.2. The predicted octanol–water partition coefficient (Wildman–Crippen LogP) is 7.07. The lowest BCUT2D eigenvalue weighted by Gasteiger charge is -2.27. The first-order chi connectivity index (χ1) is 30.7. The Hall–Kier alpha value is -4.51. The molecule has 358 valence electrons. The molecule has 20 heteroatoms. The van der Waals surface area contributed by atoms with Gasteiger partial charge in [0.25, 0.3) is 40.5 Å². The number of allylic oxidation sites excluding steroid dienone is 7. The lowest BCUT2D eigenvalue weighted by Crippen LogP contribution is -2.28. The number of ether oxygens (including phenoxy) is 1.